The van der Waals surface area contributed by atoms with Gasteiger partial charge in [-0.1, -0.05) is 25.3 Å². The molecule has 128 valence electrons. The highest BCUT2D eigenvalue weighted by atomic mass is 16.5. The number of phenols is 1. The summed E-state index contributed by atoms with van der Waals surface area (Å²) in [6.07, 6.45) is 0. The average molecular weight is 338 g/mol. The quantitative estimate of drug-likeness (QED) is 0.506. The van der Waals surface area contributed by atoms with Gasteiger partial charge in [-0.05, 0) is 43.7 Å². The minimum absolute atomic E-state index is 0.0275. The molecule has 2 aromatic carbocycles. The number of ether oxygens (including phenoxy) is 2. The first-order valence-corrected chi connectivity index (χ1v) is 7.46. The summed E-state index contributed by atoms with van der Waals surface area (Å²) in [5, 5.41) is 9.65. The predicted octanol–water partition coefficient (Wildman–Crippen LogP) is 4.02. The number of rotatable bonds is 5. The van der Waals surface area contributed by atoms with Crippen molar-refractivity contribution in [1.29, 1.82) is 0 Å². The van der Waals surface area contributed by atoms with Crippen LogP contribution >= 0.6 is 0 Å². The second kappa shape index (κ2) is 7.49. The summed E-state index contributed by atoms with van der Waals surface area (Å²) in [4.78, 5) is 23.3. The van der Waals surface area contributed by atoms with E-state index in [0.717, 1.165) is 5.56 Å². The van der Waals surface area contributed by atoms with Crippen LogP contribution in [0.1, 0.15) is 13.8 Å². The summed E-state index contributed by atoms with van der Waals surface area (Å²) in [7, 11) is 0. The third-order valence-corrected chi connectivity index (χ3v) is 3.24. The summed E-state index contributed by atoms with van der Waals surface area (Å²) < 4.78 is 10.4. The van der Waals surface area contributed by atoms with Gasteiger partial charge in [0.2, 0.25) is 0 Å². The Hall–Kier alpha value is -3.34. The fourth-order valence-corrected chi connectivity index (χ4v) is 1.92. The normalized spacial score (nSPS) is 10.0. The third kappa shape index (κ3) is 4.57. The van der Waals surface area contributed by atoms with Gasteiger partial charge in [0.15, 0.2) is 0 Å². The molecule has 0 atom stereocenters. The van der Waals surface area contributed by atoms with Crippen molar-refractivity contribution < 1.29 is 24.2 Å². The smallest absolute Gasteiger partial charge is 0.338 e. The molecule has 0 bridgehead atoms. The molecule has 1 N–H and O–H groups in total. The number of carbonyl (C=O) groups excluding carboxylic acids is 2. The van der Waals surface area contributed by atoms with Crippen LogP contribution in [-0.4, -0.2) is 17.0 Å². The van der Waals surface area contributed by atoms with Gasteiger partial charge in [0.05, 0.1) is 0 Å². The van der Waals surface area contributed by atoms with E-state index in [1.54, 1.807) is 37.3 Å². The van der Waals surface area contributed by atoms with E-state index in [1.165, 1.54) is 19.1 Å². The summed E-state index contributed by atoms with van der Waals surface area (Å²) >= 11 is 0. The predicted molar refractivity (Wildman–Crippen MR) is 94.4 cm³/mol. The minimum atomic E-state index is -0.584. The Labute approximate surface area is 145 Å². The lowest BCUT2D eigenvalue weighted by Crippen LogP contribution is -2.09. The van der Waals surface area contributed by atoms with E-state index in [-0.39, 0.29) is 17.1 Å². The number of benzene rings is 2. The number of carbonyl (C=O) groups is 2. The summed E-state index contributed by atoms with van der Waals surface area (Å²) in [6, 6.07) is 11.1. The number of esters is 2. The van der Waals surface area contributed by atoms with Crippen molar-refractivity contribution in [3.05, 3.63) is 66.8 Å². The molecule has 25 heavy (non-hydrogen) atoms. The summed E-state index contributed by atoms with van der Waals surface area (Å²) in [6.45, 7) is 10.2. The Bertz CT molecular complexity index is 847. The zero-order valence-corrected chi connectivity index (χ0v) is 14.0. The highest BCUT2D eigenvalue weighted by Gasteiger charge is 2.13. The summed E-state index contributed by atoms with van der Waals surface area (Å²) in [5.41, 5.74) is 1.87. The number of phenolic OH excluding ortho intramolecular Hbond substituents is 1. The second-order valence-corrected chi connectivity index (χ2v) is 5.54. The maximum atomic E-state index is 11.8. The van der Waals surface area contributed by atoms with Crippen LogP contribution in [0.5, 0.6) is 17.2 Å². The fourth-order valence-electron chi connectivity index (χ4n) is 1.92. The minimum Gasteiger partial charge on any atom is -0.508 e. The summed E-state index contributed by atoms with van der Waals surface area (Å²) in [5.74, 6) is -0.539. The van der Waals surface area contributed by atoms with Crippen LogP contribution < -0.4 is 9.47 Å². The monoisotopic (exact) mass is 338 g/mol. The standard InChI is InChI=1S/C20H18O5/c1-12(2)19(22)24-16-8-5-14(6-9-16)17-10-7-15(21)11-18(17)25-20(23)13(3)4/h5-11,21H,1,3H2,2,4H3. The average Bonchev–Trinajstić information content (AvgIpc) is 2.55. The Morgan fingerprint density at radius 3 is 2.00 bits per heavy atom. The van der Waals surface area contributed by atoms with Crippen LogP contribution in [0.4, 0.5) is 0 Å². The van der Waals surface area contributed by atoms with Crippen molar-refractivity contribution in [2.24, 2.45) is 0 Å². The molecule has 0 spiro atoms. The molecule has 0 saturated carbocycles. The van der Waals surface area contributed by atoms with Crippen LogP contribution in [0.2, 0.25) is 0 Å². The molecule has 0 fully saturated rings. The molecular formula is C20H18O5. The molecule has 2 aromatic rings. The first-order chi connectivity index (χ1) is 11.8. The van der Waals surface area contributed by atoms with Gasteiger partial charge in [0.1, 0.15) is 17.2 Å². The Balaban J connectivity index is 2.32. The van der Waals surface area contributed by atoms with Gasteiger partial charge in [0, 0.05) is 22.8 Å². The lowest BCUT2D eigenvalue weighted by Gasteiger charge is -2.11. The fraction of sp³-hybridized carbons (Fsp3) is 0.100. The SMILES string of the molecule is C=C(C)C(=O)Oc1ccc(-c2ccc(O)cc2OC(=O)C(=C)C)cc1. The molecule has 2 rings (SSSR count). The van der Waals surface area contributed by atoms with E-state index >= 15 is 0 Å². The van der Waals surface area contributed by atoms with E-state index < -0.39 is 11.9 Å². The second-order valence-electron chi connectivity index (χ2n) is 5.54. The highest BCUT2D eigenvalue weighted by molar-refractivity contribution is 5.90. The van der Waals surface area contributed by atoms with Crippen LogP contribution in [0.25, 0.3) is 11.1 Å². The lowest BCUT2D eigenvalue weighted by molar-refractivity contribution is -0.130. The first kappa shape index (κ1) is 18.0. The third-order valence-electron chi connectivity index (χ3n) is 3.24. The molecule has 5 nitrogen and oxygen atoms in total. The van der Waals surface area contributed by atoms with Gasteiger partial charge < -0.3 is 14.6 Å². The van der Waals surface area contributed by atoms with Crippen molar-refractivity contribution in [2.75, 3.05) is 0 Å². The van der Waals surface area contributed by atoms with Gasteiger partial charge in [-0.3, -0.25) is 0 Å². The van der Waals surface area contributed by atoms with Gasteiger partial charge in [-0.15, -0.1) is 0 Å². The molecule has 0 amide bonds. The molecule has 0 saturated heterocycles. The molecule has 0 aliphatic rings. The van der Waals surface area contributed by atoms with Crippen LogP contribution in [0, 0.1) is 0 Å². The van der Waals surface area contributed by atoms with E-state index in [0.29, 0.717) is 16.9 Å². The van der Waals surface area contributed by atoms with Crippen molar-refractivity contribution in [1.82, 2.24) is 0 Å². The molecule has 0 aromatic heterocycles. The molecule has 0 unspecified atom stereocenters. The van der Waals surface area contributed by atoms with Gasteiger partial charge in [0.25, 0.3) is 0 Å². The maximum Gasteiger partial charge on any atom is 0.338 e. The van der Waals surface area contributed by atoms with E-state index in [1.807, 2.05) is 0 Å². The van der Waals surface area contributed by atoms with Crippen molar-refractivity contribution in [3.8, 4) is 28.4 Å². The van der Waals surface area contributed by atoms with Crippen molar-refractivity contribution >= 4 is 11.9 Å². The molecule has 0 heterocycles. The Morgan fingerprint density at radius 2 is 1.44 bits per heavy atom. The van der Waals surface area contributed by atoms with E-state index in [9.17, 15) is 14.7 Å². The lowest BCUT2D eigenvalue weighted by atomic mass is 10.0. The van der Waals surface area contributed by atoms with Crippen LogP contribution in [0.15, 0.2) is 66.8 Å². The van der Waals surface area contributed by atoms with Gasteiger partial charge >= 0.3 is 11.9 Å². The number of hydrogen-bond acceptors (Lipinski definition) is 5. The molecule has 5 heteroatoms. The number of hydrogen-bond donors (Lipinski definition) is 1. The van der Waals surface area contributed by atoms with E-state index in [2.05, 4.69) is 13.2 Å². The van der Waals surface area contributed by atoms with Crippen LogP contribution in [-0.2, 0) is 9.59 Å². The first-order valence-electron chi connectivity index (χ1n) is 7.46. The zero-order chi connectivity index (χ0) is 18.6. The topological polar surface area (TPSA) is 72.8 Å². The Morgan fingerprint density at radius 1 is 0.880 bits per heavy atom. The van der Waals surface area contributed by atoms with Crippen molar-refractivity contribution in [3.63, 3.8) is 0 Å². The zero-order valence-electron chi connectivity index (χ0n) is 14.0. The van der Waals surface area contributed by atoms with Crippen molar-refractivity contribution in [2.45, 2.75) is 13.8 Å². The molecule has 0 aliphatic heterocycles. The van der Waals surface area contributed by atoms with Gasteiger partial charge in [-0.25, -0.2) is 9.59 Å². The maximum absolute atomic E-state index is 11.8. The largest absolute Gasteiger partial charge is 0.508 e. The molecular weight excluding hydrogens is 320 g/mol. The molecule has 0 radical (unpaired) electrons. The van der Waals surface area contributed by atoms with Gasteiger partial charge in [-0.2, -0.15) is 0 Å². The molecule has 0 aliphatic carbocycles. The van der Waals surface area contributed by atoms with E-state index in [4.69, 9.17) is 9.47 Å². The Kier molecular flexibility index (Phi) is 5.39. The highest BCUT2D eigenvalue weighted by Crippen LogP contribution is 2.34. The number of aromatic hydroxyl groups is 1. The van der Waals surface area contributed by atoms with Crippen LogP contribution in [0.3, 0.4) is 0 Å².